The SMILES string of the molecule is Cc1cccc(C2NCCC(=O)N2)c1[N+](=O)[O-]. The van der Waals surface area contributed by atoms with E-state index >= 15 is 0 Å². The lowest BCUT2D eigenvalue weighted by Crippen LogP contribution is -2.45. The highest BCUT2D eigenvalue weighted by molar-refractivity contribution is 5.77. The van der Waals surface area contributed by atoms with Gasteiger partial charge >= 0.3 is 0 Å². The highest BCUT2D eigenvalue weighted by Gasteiger charge is 2.27. The molecule has 1 atom stereocenters. The van der Waals surface area contributed by atoms with E-state index in [1.165, 1.54) is 0 Å². The molecular weight excluding hydrogens is 222 g/mol. The Bertz CT molecular complexity index is 473. The smallest absolute Gasteiger partial charge is 0.278 e. The van der Waals surface area contributed by atoms with E-state index in [1.54, 1.807) is 25.1 Å². The number of carbonyl (C=O) groups excluding carboxylic acids is 1. The molecule has 0 aliphatic carbocycles. The molecule has 1 aliphatic heterocycles. The molecule has 1 aromatic rings. The predicted octanol–water partition coefficient (Wildman–Crippen LogP) is 1.01. The van der Waals surface area contributed by atoms with Crippen LogP contribution in [0.2, 0.25) is 0 Å². The van der Waals surface area contributed by atoms with Crippen molar-refractivity contribution in [1.29, 1.82) is 0 Å². The Morgan fingerprint density at radius 1 is 1.47 bits per heavy atom. The quantitative estimate of drug-likeness (QED) is 0.592. The van der Waals surface area contributed by atoms with Crippen LogP contribution in [0, 0.1) is 17.0 Å². The molecule has 0 radical (unpaired) electrons. The number of nitrogens with one attached hydrogen (secondary N) is 2. The maximum absolute atomic E-state index is 11.3. The molecule has 0 saturated carbocycles. The molecule has 1 unspecified atom stereocenters. The van der Waals surface area contributed by atoms with E-state index in [0.717, 1.165) is 0 Å². The van der Waals surface area contributed by atoms with E-state index in [9.17, 15) is 14.9 Å². The summed E-state index contributed by atoms with van der Waals surface area (Å²) in [5.74, 6) is -0.0930. The van der Waals surface area contributed by atoms with Gasteiger partial charge in [0.25, 0.3) is 5.69 Å². The Hall–Kier alpha value is -1.95. The second-order valence-electron chi connectivity index (χ2n) is 3.97. The molecule has 2 N–H and O–H groups in total. The number of rotatable bonds is 2. The van der Waals surface area contributed by atoms with Gasteiger partial charge in [-0.2, -0.15) is 0 Å². The van der Waals surface area contributed by atoms with Crippen molar-refractivity contribution in [2.75, 3.05) is 6.54 Å². The fourth-order valence-electron chi connectivity index (χ4n) is 1.97. The van der Waals surface area contributed by atoms with Gasteiger partial charge in [-0.25, -0.2) is 0 Å². The van der Waals surface area contributed by atoms with Crippen LogP contribution in [0.4, 0.5) is 5.69 Å². The Morgan fingerprint density at radius 3 is 2.88 bits per heavy atom. The number of nitro groups is 1. The van der Waals surface area contributed by atoms with Crippen molar-refractivity contribution in [3.05, 3.63) is 39.4 Å². The molecule has 17 heavy (non-hydrogen) atoms. The van der Waals surface area contributed by atoms with Crippen molar-refractivity contribution >= 4 is 11.6 Å². The van der Waals surface area contributed by atoms with Gasteiger partial charge in [0.15, 0.2) is 0 Å². The standard InChI is InChI=1S/C11H13N3O3/c1-7-3-2-4-8(10(7)14(16)17)11-12-6-5-9(15)13-11/h2-4,11-12H,5-6H2,1H3,(H,13,15). The molecule has 0 aromatic heterocycles. The summed E-state index contributed by atoms with van der Waals surface area (Å²) in [6.07, 6.45) is -0.0765. The van der Waals surface area contributed by atoms with Crippen LogP contribution in [0.1, 0.15) is 23.7 Å². The molecule has 6 nitrogen and oxygen atoms in total. The number of nitro benzene ring substituents is 1. The zero-order valence-electron chi connectivity index (χ0n) is 9.40. The highest BCUT2D eigenvalue weighted by Crippen LogP contribution is 2.28. The molecule has 0 bridgehead atoms. The van der Waals surface area contributed by atoms with E-state index in [-0.39, 0.29) is 11.6 Å². The Kier molecular flexibility index (Phi) is 3.06. The van der Waals surface area contributed by atoms with Crippen LogP contribution in [-0.2, 0) is 4.79 Å². The van der Waals surface area contributed by atoms with E-state index in [0.29, 0.717) is 24.1 Å². The minimum atomic E-state index is -0.475. The molecule has 6 heteroatoms. The summed E-state index contributed by atoms with van der Waals surface area (Å²) >= 11 is 0. The lowest BCUT2D eigenvalue weighted by molar-refractivity contribution is -0.386. The summed E-state index contributed by atoms with van der Waals surface area (Å²) in [7, 11) is 0. The monoisotopic (exact) mass is 235 g/mol. The van der Waals surface area contributed by atoms with Crippen molar-refractivity contribution in [2.24, 2.45) is 0 Å². The first-order valence-electron chi connectivity index (χ1n) is 5.36. The van der Waals surface area contributed by atoms with Crippen LogP contribution in [0.5, 0.6) is 0 Å². The normalized spacial score (nSPS) is 19.8. The largest absolute Gasteiger partial charge is 0.336 e. The molecule has 2 rings (SSSR count). The van der Waals surface area contributed by atoms with E-state index in [1.807, 2.05) is 0 Å². The number of hydrogen-bond donors (Lipinski definition) is 2. The molecule has 1 saturated heterocycles. The molecule has 1 aromatic carbocycles. The molecule has 0 spiro atoms. The second-order valence-corrected chi connectivity index (χ2v) is 3.97. The van der Waals surface area contributed by atoms with Crippen molar-refractivity contribution in [1.82, 2.24) is 10.6 Å². The van der Waals surface area contributed by atoms with E-state index in [4.69, 9.17) is 0 Å². The predicted molar refractivity (Wildman–Crippen MR) is 61.3 cm³/mol. The van der Waals surface area contributed by atoms with Gasteiger partial charge in [-0.05, 0) is 13.0 Å². The maximum atomic E-state index is 11.3. The molecule has 90 valence electrons. The van der Waals surface area contributed by atoms with Crippen LogP contribution in [-0.4, -0.2) is 17.4 Å². The number of para-hydroxylation sites is 1. The van der Waals surface area contributed by atoms with Gasteiger partial charge in [0.2, 0.25) is 5.91 Å². The fourth-order valence-corrected chi connectivity index (χ4v) is 1.97. The van der Waals surface area contributed by atoms with Crippen molar-refractivity contribution in [3.63, 3.8) is 0 Å². The number of aryl methyl sites for hydroxylation is 1. The molecule has 1 heterocycles. The number of nitrogens with zero attached hydrogens (tertiary/aromatic N) is 1. The molecule has 1 aliphatic rings. The molecular formula is C11H13N3O3. The average molecular weight is 235 g/mol. The van der Waals surface area contributed by atoms with Gasteiger partial charge in [-0.1, -0.05) is 12.1 Å². The Balaban J connectivity index is 2.40. The number of amides is 1. The van der Waals surface area contributed by atoms with Crippen LogP contribution in [0.3, 0.4) is 0 Å². The van der Waals surface area contributed by atoms with Crippen LogP contribution in [0.15, 0.2) is 18.2 Å². The third kappa shape index (κ3) is 2.26. The van der Waals surface area contributed by atoms with Crippen LogP contribution in [0.25, 0.3) is 0 Å². The van der Waals surface area contributed by atoms with Gasteiger partial charge in [0.1, 0.15) is 6.17 Å². The summed E-state index contributed by atoms with van der Waals surface area (Å²) in [5, 5.41) is 16.8. The van der Waals surface area contributed by atoms with Gasteiger partial charge in [0.05, 0.1) is 10.5 Å². The van der Waals surface area contributed by atoms with Gasteiger partial charge in [-0.15, -0.1) is 0 Å². The summed E-state index contributed by atoms with van der Waals surface area (Å²) in [6, 6.07) is 5.10. The summed E-state index contributed by atoms with van der Waals surface area (Å²) in [4.78, 5) is 21.9. The second kappa shape index (κ2) is 4.50. The van der Waals surface area contributed by atoms with Gasteiger partial charge in [-0.3, -0.25) is 20.2 Å². The molecule has 1 fully saturated rings. The van der Waals surface area contributed by atoms with E-state index < -0.39 is 11.1 Å². The van der Waals surface area contributed by atoms with E-state index in [2.05, 4.69) is 10.6 Å². The maximum Gasteiger partial charge on any atom is 0.278 e. The third-order valence-corrected chi connectivity index (χ3v) is 2.77. The first kappa shape index (κ1) is 11.5. The van der Waals surface area contributed by atoms with Crippen LogP contribution < -0.4 is 10.6 Å². The lowest BCUT2D eigenvalue weighted by Gasteiger charge is -2.25. The van der Waals surface area contributed by atoms with Gasteiger partial charge < -0.3 is 5.32 Å². The highest BCUT2D eigenvalue weighted by atomic mass is 16.6. The molecule has 1 amide bonds. The lowest BCUT2D eigenvalue weighted by atomic mass is 10.0. The fraction of sp³-hybridized carbons (Fsp3) is 0.364. The first-order chi connectivity index (χ1) is 8.09. The van der Waals surface area contributed by atoms with Crippen LogP contribution >= 0.6 is 0 Å². The zero-order chi connectivity index (χ0) is 12.4. The topological polar surface area (TPSA) is 84.3 Å². The average Bonchev–Trinajstić information content (AvgIpc) is 2.28. The minimum absolute atomic E-state index is 0.0622. The zero-order valence-corrected chi connectivity index (χ0v) is 9.40. The van der Waals surface area contributed by atoms with Gasteiger partial charge in [0, 0.05) is 18.5 Å². The minimum Gasteiger partial charge on any atom is -0.336 e. The van der Waals surface area contributed by atoms with Crippen molar-refractivity contribution < 1.29 is 9.72 Å². The number of carbonyl (C=O) groups is 1. The summed E-state index contributed by atoms with van der Waals surface area (Å²) in [5.41, 5.74) is 1.16. The summed E-state index contributed by atoms with van der Waals surface area (Å²) < 4.78 is 0. The number of hydrogen-bond acceptors (Lipinski definition) is 4. The number of benzene rings is 1. The van der Waals surface area contributed by atoms with Crippen molar-refractivity contribution in [2.45, 2.75) is 19.5 Å². The van der Waals surface area contributed by atoms with Crippen molar-refractivity contribution in [3.8, 4) is 0 Å². The summed E-state index contributed by atoms with van der Waals surface area (Å²) in [6.45, 7) is 2.22. The first-order valence-corrected chi connectivity index (χ1v) is 5.36. The Labute approximate surface area is 98.2 Å². The Morgan fingerprint density at radius 2 is 2.24 bits per heavy atom. The third-order valence-electron chi connectivity index (χ3n) is 2.77.